The maximum absolute atomic E-state index is 12.4. The first-order valence-corrected chi connectivity index (χ1v) is 8.94. The fourth-order valence-electron chi connectivity index (χ4n) is 2.86. The second kappa shape index (κ2) is 8.11. The Labute approximate surface area is 165 Å². The lowest BCUT2D eigenvalue weighted by Gasteiger charge is -2.16. The standard InChI is InChI=1S/C20H18N4O5/c25-10-16(19(26)22-8-12-5-6-17-18(7-12)29-11-28-17)24-20(27)15-9-21-13-3-1-2-4-14(13)23-15/h1-7,9,16,25H,8,10-11H2,(H,22,26)(H,24,27). The number of benzene rings is 2. The van der Waals surface area contributed by atoms with Gasteiger partial charge >= 0.3 is 0 Å². The third kappa shape index (κ3) is 4.09. The highest BCUT2D eigenvalue weighted by Gasteiger charge is 2.22. The van der Waals surface area contributed by atoms with E-state index in [4.69, 9.17) is 9.47 Å². The van der Waals surface area contributed by atoms with E-state index in [9.17, 15) is 14.7 Å². The molecule has 2 aromatic carbocycles. The van der Waals surface area contributed by atoms with Crippen LogP contribution in [0.1, 0.15) is 16.1 Å². The van der Waals surface area contributed by atoms with Crippen LogP contribution in [0.25, 0.3) is 11.0 Å². The lowest BCUT2D eigenvalue weighted by Crippen LogP contribution is -2.48. The van der Waals surface area contributed by atoms with Gasteiger partial charge in [-0.1, -0.05) is 18.2 Å². The van der Waals surface area contributed by atoms with Crippen LogP contribution < -0.4 is 20.1 Å². The van der Waals surface area contributed by atoms with Crippen molar-refractivity contribution < 1.29 is 24.2 Å². The molecule has 29 heavy (non-hydrogen) atoms. The molecule has 0 radical (unpaired) electrons. The van der Waals surface area contributed by atoms with Gasteiger partial charge in [0.2, 0.25) is 12.7 Å². The van der Waals surface area contributed by atoms with Gasteiger partial charge in [-0.15, -0.1) is 0 Å². The fourth-order valence-corrected chi connectivity index (χ4v) is 2.86. The van der Waals surface area contributed by atoms with E-state index in [-0.39, 0.29) is 19.0 Å². The first kappa shape index (κ1) is 18.6. The number of aliphatic hydroxyl groups is 1. The zero-order chi connectivity index (χ0) is 20.2. The zero-order valence-electron chi connectivity index (χ0n) is 15.3. The number of amides is 2. The molecule has 148 valence electrons. The Morgan fingerprint density at radius 3 is 2.72 bits per heavy atom. The van der Waals surface area contributed by atoms with Gasteiger partial charge in [0, 0.05) is 6.54 Å². The lowest BCUT2D eigenvalue weighted by molar-refractivity contribution is -0.124. The van der Waals surface area contributed by atoms with Crippen molar-refractivity contribution in [3.63, 3.8) is 0 Å². The average Bonchev–Trinajstić information content (AvgIpc) is 3.23. The molecule has 9 nitrogen and oxygen atoms in total. The minimum absolute atomic E-state index is 0.0609. The maximum Gasteiger partial charge on any atom is 0.272 e. The number of rotatable bonds is 6. The summed E-state index contributed by atoms with van der Waals surface area (Å²) in [6.07, 6.45) is 1.33. The van der Waals surface area contributed by atoms with Crippen molar-refractivity contribution in [3.8, 4) is 11.5 Å². The van der Waals surface area contributed by atoms with E-state index in [2.05, 4.69) is 20.6 Å². The molecule has 0 bridgehead atoms. The molecule has 1 aliphatic rings. The van der Waals surface area contributed by atoms with E-state index in [0.29, 0.717) is 22.5 Å². The quantitative estimate of drug-likeness (QED) is 0.564. The number of aromatic nitrogens is 2. The highest BCUT2D eigenvalue weighted by Crippen LogP contribution is 2.32. The molecule has 0 spiro atoms. The van der Waals surface area contributed by atoms with Gasteiger partial charge in [-0.25, -0.2) is 4.98 Å². The number of nitrogens with zero attached hydrogens (tertiary/aromatic N) is 2. The predicted molar refractivity (Wildman–Crippen MR) is 102 cm³/mol. The largest absolute Gasteiger partial charge is 0.454 e. The summed E-state index contributed by atoms with van der Waals surface area (Å²) >= 11 is 0. The number of carbonyl (C=O) groups excluding carboxylic acids is 2. The summed E-state index contributed by atoms with van der Waals surface area (Å²) in [6.45, 7) is -0.182. The Bertz CT molecular complexity index is 1070. The number of aliphatic hydroxyl groups excluding tert-OH is 1. The number of para-hydroxylation sites is 2. The van der Waals surface area contributed by atoms with E-state index >= 15 is 0 Å². The first-order chi connectivity index (χ1) is 14.1. The van der Waals surface area contributed by atoms with Crippen LogP contribution in [0.4, 0.5) is 0 Å². The van der Waals surface area contributed by atoms with Gasteiger partial charge in [0.1, 0.15) is 11.7 Å². The average molecular weight is 394 g/mol. The molecular formula is C20H18N4O5. The minimum atomic E-state index is -1.12. The number of hydrogen-bond acceptors (Lipinski definition) is 7. The van der Waals surface area contributed by atoms with Crippen LogP contribution in [0.2, 0.25) is 0 Å². The van der Waals surface area contributed by atoms with Crippen molar-refractivity contribution in [2.75, 3.05) is 13.4 Å². The predicted octanol–water partition coefficient (Wildman–Crippen LogP) is 0.766. The Morgan fingerprint density at radius 1 is 1.10 bits per heavy atom. The van der Waals surface area contributed by atoms with Crippen LogP contribution in [-0.2, 0) is 11.3 Å². The van der Waals surface area contributed by atoms with Crippen LogP contribution in [-0.4, -0.2) is 46.3 Å². The molecule has 1 unspecified atom stereocenters. The molecule has 3 aromatic rings. The lowest BCUT2D eigenvalue weighted by atomic mass is 10.2. The van der Waals surface area contributed by atoms with Gasteiger partial charge in [0.25, 0.3) is 5.91 Å². The summed E-state index contributed by atoms with van der Waals surface area (Å²) in [5.41, 5.74) is 2.08. The molecule has 3 N–H and O–H groups in total. The molecule has 1 aromatic heterocycles. The van der Waals surface area contributed by atoms with Crippen molar-refractivity contribution in [2.45, 2.75) is 12.6 Å². The van der Waals surface area contributed by atoms with E-state index in [1.165, 1.54) is 6.20 Å². The topological polar surface area (TPSA) is 123 Å². The van der Waals surface area contributed by atoms with E-state index in [1.54, 1.807) is 36.4 Å². The summed E-state index contributed by atoms with van der Waals surface area (Å²) in [4.78, 5) is 33.2. The number of fused-ring (bicyclic) bond motifs is 2. The summed E-state index contributed by atoms with van der Waals surface area (Å²) in [7, 11) is 0. The molecule has 1 aliphatic heterocycles. The van der Waals surface area contributed by atoms with E-state index in [0.717, 1.165) is 5.56 Å². The number of nitrogens with one attached hydrogen (secondary N) is 2. The monoisotopic (exact) mass is 394 g/mol. The molecule has 4 rings (SSSR count). The molecule has 0 saturated heterocycles. The third-order valence-electron chi connectivity index (χ3n) is 4.39. The summed E-state index contributed by atoms with van der Waals surface area (Å²) in [6, 6.07) is 11.3. The minimum Gasteiger partial charge on any atom is -0.454 e. The first-order valence-electron chi connectivity index (χ1n) is 8.94. The second-order valence-electron chi connectivity index (χ2n) is 6.36. The zero-order valence-corrected chi connectivity index (χ0v) is 15.3. The normalized spacial score (nSPS) is 13.1. The van der Waals surface area contributed by atoms with Crippen LogP contribution in [0, 0.1) is 0 Å². The van der Waals surface area contributed by atoms with Crippen molar-refractivity contribution in [1.82, 2.24) is 20.6 Å². The molecule has 1 atom stereocenters. The molecule has 2 amide bonds. The Kier molecular flexibility index (Phi) is 5.21. The second-order valence-corrected chi connectivity index (χ2v) is 6.36. The van der Waals surface area contributed by atoms with Gasteiger partial charge in [-0.05, 0) is 29.8 Å². The van der Waals surface area contributed by atoms with Crippen LogP contribution >= 0.6 is 0 Å². The van der Waals surface area contributed by atoms with Crippen molar-refractivity contribution in [2.24, 2.45) is 0 Å². The van der Waals surface area contributed by atoms with Crippen molar-refractivity contribution >= 4 is 22.8 Å². The SMILES string of the molecule is O=C(NC(CO)C(=O)NCc1ccc2c(c1)OCO2)c1cnc2ccccc2n1. The molecule has 0 aliphatic carbocycles. The Morgan fingerprint density at radius 2 is 1.90 bits per heavy atom. The fraction of sp³-hybridized carbons (Fsp3) is 0.200. The van der Waals surface area contributed by atoms with E-state index in [1.807, 2.05) is 6.07 Å². The van der Waals surface area contributed by atoms with Crippen LogP contribution in [0.15, 0.2) is 48.7 Å². The van der Waals surface area contributed by atoms with Gasteiger partial charge in [-0.2, -0.15) is 0 Å². The number of ether oxygens (including phenoxy) is 2. The Hall–Kier alpha value is -3.72. The molecule has 0 fully saturated rings. The molecular weight excluding hydrogens is 376 g/mol. The van der Waals surface area contributed by atoms with Gasteiger partial charge in [-0.3, -0.25) is 14.6 Å². The van der Waals surface area contributed by atoms with E-state index < -0.39 is 24.5 Å². The van der Waals surface area contributed by atoms with Crippen LogP contribution in [0.5, 0.6) is 11.5 Å². The number of hydrogen-bond donors (Lipinski definition) is 3. The van der Waals surface area contributed by atoms with Crippen molar-refractivity contribution in [3.05, 3.63) is 59.9 Å². The smallest absolute Gasteiger partial charge is 0.272 e. The maximum atomic E-state index is 12.4. The van der Waals surface area contributed by atoms with Gasteiger partial charge in [0.15, 0.2) is 11.5 Å². The highest BCUT2D eigenvalue weighted by atomic mass is 16.7. The third-order valence-corrected chi connectivity index (χ3v) is 4.39. The van der Waals surface area contributed by atoms with Gasteiger partial charge in [0.05, 0.1) is 23.8 Å². The summed E-state index contributed by atoms with van der Waals surface area (Å²) in [5.74, 6) is 0.142. The van der Waals surface area contributed by atoms with Crippen LogP contribution in [0.3, 0.4) is 0 Å². The highest BCUT2D eigenvalue weighted by molar-refractivity contribution is 5.97. The molecule has 0 saturated carbocycles. The summed E-state index contributed by atoms with van der Waals surface area (Å²) < 4.78 is 10.5. The summed E-state index contributed by atoms with van der Waals surface area (Å²) in [5, 5.41) is 14.7. The van der Waals surface area contributed by atoms with Crippen molar-refractivity contribution in [1.29, 1.82) is 0 Å². The van der Waals surface area contributed by atoms with Gasteiger partial charge < -0.3 is 25.2 Å². The molecule has 2 heterocycles. The number of carbonyl (C=O) groups is 2. The Balaban J connectivity index is 1.38. The molecule has 9 heteroatoms.